The summed E-state index contributed by atoms with van der Waals surface area (Å²) in [5.41, 5.74) is -0.153. The zero-order valence-electron chi connectivity index (χ0n) is 14.6. The average molecular weight is 358 g/mol. The second-order valence-electron chi connectivity index (χ2n) is 5.79. The van der Waals surface area contributed by atoms with Crippen LogP contribution in [0.3, 0.4) is 0 Å². The van der Waals surface area contributed by atoms with E-state index in [1.165, 1.54) is 17.6 Å². The third-order valence-corrected chi connectivity index (χ3v) is 4.02. The molecule has 0 spiro atoms. The molecule has 1 amide bonds. The van der Waals surface area contributed by atoms with E-state index in [9.17, 15) is 19.5 Å². The zero-order chi connectivity index (χ0) is 18.9. The number of benzene rings is 1. The fraction of sp³-hybridized carbons (Fsp3) is 0.316. The lowest BCUT2D eigenvalue weighted by atomic mass is 10.1. The molecule has 2 N–H and O–H groups in total. The van der Waals surface area contributed by atoms with Crippen LogP contribution in [0.2, 0.25) is 0 Å². The van der Waals surface area contributed by atoms with E-state index in [1.54, 1.807) is 0 Å². The topological polar surface area (TPSA) is 99.7 Å². The standard InChI is InChI=1S/C19H22N2O5/c1-26-11-10-21(9-5-8-14-6-3-2-4-7-14)19(25)16-18(24)17(23)15(13-22)12-20-16/h2-4,6-7,12-13,24H,5,8-11H2,1H3,(H,20,23). The minimum absolute atomic E-state index is 0.226. The highest BCUT2D eigenvalue weighted by atomic mass is 16.5. The normalized spacial score (nSPS) is 10.5. The van der Waals surface area contributed by atoms with Gasteiger partial charge < -0.3 is 19.7 Å². The summed E-state index contributed by atoms with van der Waals surface area (Å²) >= 11 is 0. The molecule has 0 saturated carbocycles. The Morgan fingerprint density at radius 2 is 2.00 bits per heavy atom. The molecule has 1 heterocycles. The number of pyridine rings is 1. The number of aromatic amines is 1. The minimum atomic E-state index is -0.863. The molecule has 7 nitrogen and oxygen atoms in total. The Bertz CT molecular complexity index is 801. The summed E-state index contributed by atoms with van der Waals surface area (Å²) in [4.78, 5) is 39.4. The van der Waals surface area contributed by atoms with Gasteiger partial charge in [0.05, 0.1) is 12.2 Å². The van der Waals surface area contributed by atoms with Gasteiger partial charge in [0.25, 0.3) is 5.91 Å². The number of nitrogens with zero attached hydrogens (tertiary/aromatic N) is 1. The monoisotopic (exact) mass is 358 g/mol. The van der Waals surface area contributed by atoms with Crippen molar-refractivity contribution in [1.29, 1.82) is 0 Å². The van der Waals surface area contributed by atoms with Crippen LogP contribution in [0.25, 0.3) is 0 Å². The second kappa shape index (κ2) is 9.53. The number of methoxy groups -OCH3 is 1. The SMILES string of the molecule is COCCN(CCCc1ccccc1)C(=O)c1[nH]cc(C=O)c(=O)c1O. The lowest BCUT2D eigenvalue weighted by molar-refractivity contribution is 0.0683. The molecule has 1 aromatic carbocycles. The van der Waals surface area contributed by atoms with Crippen molar-refractivity contribution in [3.8, 4) is 5.75 Å². The third-order valence-electron chi connectivity index (χ3n) is 4.02. The number of aryl methyl sites for hydroxylation is 1. The van der Waals surface area contributed by atoms with E-state index < -0.39 is 17.1 Å². The molecule has 0 aliphatic rings. The van der Waals surface area contributed by atoms with Crippen LogP contribution in [0.1, 0.15) is 32.8 Å². The molecule has 7 heteroatoms. The van der Waals surface area contributed by atoms with Crippen LogP contribution in [-0.4, -0.2) is 54.0 Å². The van der Waals surface area contributed by atoms with Crippen LogP contribution in [0.5, 0.6) is 5.75 Å². The molecule has 0 saturated heterocycles. The van der Waals surface area contributed by atoms with E-state index in [-0.39, 0.29) is 11.3 Å². The molecule has 2 aromatic rings. The van der Waals surface area contributed by atoms with Gasteiger partial charge in [-0.05, 0) is 18.4 Å². The fourth-order valence-electron chi connectivity index (χ4n) is 2.58. The maximum absolute atomic E-state index is 12.7. The van der Waals surface area contributed by atoms with Gasteiger partial charge in [-0.15, -0.1) is 0 Å². The quantitative estimate of drug-likeness (QED) is 0.664. The van der Waals surface area contributed by atoms with Crippen molar-refractivity contribution >= 4 is 12.2 Å². The van der Waals surface area contributed by atoms with Gasteiger partial charge in [-0.25, -0.2) is 0 Å². The van der Waals surface area contributed by atoms with Crippen molar-refractivity contribution in [3.05, 3.63) is 63.6 Å². The molecule has 0 atom stereocenters. The van der Waals surface area contributed by atoms with Gasteiger partial charge in [-0.1, -0.05) is 30.3 Å². The Hall–Kier alpha value is -2.93. The van der Waals surface area contributed by atoms with Crippen molar-refractivity contribution < 1.29 is 19.4 Å². The van der Waals surface area contributed by atoms with Crippen molar-refractivity contribution in [3.63, 3.8) is 0 Å². The van der Waals surface area contributed by atoms with E-state index in [0.29, 0.717) is 26.0 Å². The molecular weight excluding hydrogens is 336 g/mol. The molecule has 2 rings (SSSR count). The first-order valence-electron chi connectivity index (χ1n) is 8.30. The van der Waals surface area contributed by atoms with Gasteiger partial charge in [0.2, 0.25) is 5.43 Å². The van der Waals surface area contributed by atoms with E-state index in [1.807, 2.05) is 30.3 Å². The Morgan fingerprint density at radius 3 is 2.65 bits per heavy atom. The summed E-state index contributed by atoms with van der Waals surface area (Å²) in [5.74, 6) is -1.26. The van der Waals surface area contributed by atoms with Gasteiger partial charge in [-0.2, -0.15) is 0 Å². The molecule has 138 valence electrons. The number of ether oxygens (including phenoxy) is 1. The van der Waals surface area contributed by atoms with E-state index in [4.69, 9.17) is 4.74 Å². The Labute approximate surface area is 151 Å². The Morgan fingerprint density at radius 1 is 1.27 bits per heavy atom. The maximum Gasteiger partial charge on any atom is 0.274 e. The van der Waals surface area contributed by atoms with Crippen LogP contribution in [-0.2, 0) is 11.2 Å². The summed E-state index contributed by atoms with van der Waals surface area (Å²) < 4.78 is 5.04. The lowest BCUT2D eigenvalue weighted by Crippen LogP contribution is -2.36. The summed E-state index contributed by atoms with van der Waals surface area (Å²) in [6, 6.07) is 9.90. The predicted octanol–water partition coefficient (Wildman–Crippen LogP) is 1.61. The summed E-state index contributed by atoms with van der Waals surface area (Å²) in [7, 11) is 1.53. The van der Waals surface area contributed by atoms with E-state index in [0.717, 1.165) is 19.0 Å². The smallest absolute Gasteiger partial charge is 0.274 e. The van der Waals surface area contributed by atoms with Crippen LogP contribution in [0, 0.1) is 0 Å². The van der Waals surface area contributed by atoms with Crippen molar-refractivity contribution in [2.24, 2.45) is 0 Å². The van der Waals surface area contributed by atoms with Crippen LogP contribution < -0.4 is 5.43 Å². The number of hydrogen-bond acceptors (Lipinski definition) is 5. The maximum atomic E-state index is 12.7. The van der Waals surface area contributed by atoms with Gasteiger partial charge in [0, 0.05) is 26.4 Å². The number of amides is 1. The molecule has 0 aliphatic carbocycles. The van der Waals surface area contributed by atoms with Gasteiger partial charge in [0.1, 0.15) is 0 Å². The van der Waals surface area contributed by atoms with Crippen LogP contribution in [0.4, 0.5) is 0 Å². The number of aromatic hydroxyl groups is 1. The van der Waals surface area contributed by atoms with Crippen LogP contribution >= 0.6 is 0 Å². The number of H-pyrrole nitrogens is 1. The van der Waals surface area contributed by atoms with Gasteiger partial charge in [-0.3, -0.25) is 14.4 Å². The molecule has 1 aromatic heterocycles. The highest BCUT2D eigenvalue weighted by molar-refractivity contribution is 5.95. The van der Waals surface area contributed by atoms with Gasteiger partial charge in [0.15, 0.2) is 17.7 Å². The lowest BCUT2D eigenvalue weighted by Gasteiger charge is -2.22. The molecule has 0 unspecified atom stereocenters. The molecule has 0 radical (unpaired) electrons. The zero-order valence-corrected chi connectivity index (χ0v) is 14.6. The minimum Gasteiger partial charge on any atom is -0.503 e. The summed E-state index contributed by atoms with van der Waals surface area (Å²) in [5, 5.41) is 9.98. The Balaban J connectivity index is 2.12. The number of aldehydes is 1. The number of hydrogen-bond donors (Lipinski definition) is 2. The number of rotatable bonds is 9. The first-order chi connectivity index (χ1) is 12.6. The first-order valence-corrected chi connectivity index (χ1v) is 8.30. The van der Waals surface area contributed by atoms with Crippen LogP contribution in [0.15, 0.2) is 41.3 Å². The second-order valence-corrected chi connectivity index (χ2v) is 5.79. The third kappa shape index (κ3) is 4.80. The largest absolute Gasteiger partial charge is 0.503 e. The average Bonchev–Trinajstić information content (AvgIpc) is 2.67. The molecule has 0 aliphatic heterocycles. The summed E-state index contributed by atoms with van der Waals surface area (Å²) in [6.07, 6.45) is 2.97. The first kappa shape index (κ1) is 19.4. The highest BCUT2D eigenvalue weighted by Gasteiger charge is 2.22. The highest BCUT2D eigenvalue weighted by Crippen LogP contribution is 2.13. The molecule has 0 bridgehead atoms. The predicted molar refractivity (Wildman–Crippen MR) is 96.7 cm³/mol. The van der Waals surface area contributed by atoms with Crippen molar-refractivity contribution in [1.82, 2.24) is 9.88 Å². The number of carbonyl (C=O) groups excluding carboxylic acids is 2. The van der Waals surface area contributed by atoms with Crippen molar-refractivity contribution in [2.75, 3.05) is 26.8 Å². The van der Waals surface area contributed by atoms with E-state index in [2.05, 4.69) is 4.98 Å². The molecule has 0 fully saturated rings. The molecular formula is C19H22N2O5. The number of nitrogens with one attached hydrogen (secondary N) is 1. The van der Waals surface area contributed by atoms with Gasteiger partial charge >= 0.3 is 0 Å². The summed E-state index contributed by atoms with van der Waals surface area (Å²) in [6.45, 7) is 1.09. The van der Waals surface area contributed by atoms with Crippen molar-refractivity contribution in [2.45, 2.75) is 12.8 Å². The number of carbonyl (C=O) groups is 2. The Kier molecular flexibility index (Phi) is 7.11. The van der Waals surface area contributed by atoms with E-state index >= 15 is 0 Å². The fourth-order valence-corrected chi connectivity index (χ4v) is 2.58. The number of aromatic nitrogens is 1. The molecule has 26 heavy (non-hydrogen) atoms.